The standard InChI is InChI=1S/C45H85NO8/c1-3-5-7-9-11-13-15-17-19-21-23-25-27-29-31-33-35-41(49)46-38(37-53-45-44(52)43(51)42(50)40(36-47)54-45)39(48)34-32-30-28-26-24-22-20-18-16-14-12-10-8-6-4-2/h13,15,19,21,38-40,42-45,47-48,50-52H,3-12,14,16-18,20,22-37H2,1-2H3,(H,46,49)/b15-13-,21-19-. The van der Waals surface area contributed by atoms with Gasteiger partial charge in [0, 0.05) is 6.42 Å². The van der Waals surface area contributed by atoms with E-state index in [1.54, 1.807) is 0 Å². The van der Waals surface area contributed by atoms with Crippen LogP contribution >= 0.6 is 0 Å². The van der Waals surface area contributed by atoms with Gasteiger partial charge in [0.2, 0.25) is 5.91 Å². The summed E-state index contributed by atoms with van der Waals surface area (Å²) >= 11 is 0. The smallest absolute Gasteiger partial charge is 0.220 e. The molecule has 1 aliphatic rings. The normalized spacial score (nSPS) is 21.6. The fourth-order valence-electron chi connectivity index (χ4n) is 7.13. The van der Waals surface area contributed by atoms with E-state index in [-0.39, 0.29) is 12.5 Å². The summed E-state index contributed by atoms with van der Waals surface area (Å²) in [4.78, 5) is 12.9. The van der Waals surface area contributed by atoms with E-state index in [2.05, 4.69) is 43.5 Å². The van der Waals surface area contributed by atoms with Crippen molar-refractivity contribution in [1.82, 2.24) is 5.32 Å². The van der Waals surface area contributed by atoms with Crippen LogP contribution in [0.1, 0.15) is 200 Å². The van der Waals surface area contributed by atoms with Gasteiger partial charge in [-0.25, -0.2) is 0 Å². The van der Waals surface area contributed by atoms with E-state index >= 15 is 0 Å². The van der Waals surface area contributed by atoms with Crippen molar-refractivity contribution in [2.75, 3.05) is 13.2 Å². The van der Waals surface area contributed by atoms with Crippen LogP contribution in [0.5, 0.6) is 0 Å². The van der Waals surface area contributed by atoms with Crippen molar-refractivity contribution in [2.45, 2.75) is 243 Å². The van der Waals surface area contributed by atoms with E-state index in [4.69, 9.17) is 9.47 Å². The maximum atomic E-state index is 12.9. The Morgan fingerprint density at radius 3 is 1.61 bits per heavy atom. The molecule has 54 heavy (non-hydrogen) atoms. The lowest BCUT2D eigenvalue weighted by Gasteiger charge is -2.40. The van der Waals surface area contributed by atoms with E-state index in [0.717, 1.165) is 64.2 Å². The first kappa shape index (κ1) is 50.7. The van der Waals surface area contributed by atoms with Gasteiger partial charge in [-0.3, -0.25) is 4.79 Å². The summed E-state index contributed by atoms with van der Waals surface area (Å²) in [5.74, 6) is -0.158. The highest BCUT2D eigenvalue weighted by Crippen LogP contribution is 2.23. The molecule has 1 aliphatic heterocycles. The van der Waals surface area contributed by atoms with E-state index in [9.17, 15) is 30.3 Å². The number of hydrogen-bond donors (Lipinski definition) is 6. The molecule has 1 saturated heterocycles. The van der Waals surface area contributed by atoms with Gasteiger partial charge < -0.3 is 40.3 Å². The Kier molecular flexibility index (Phi) is 33.8. The molecule has 1 rings (SSSR count). The van der Waals surface area contributed by atoms with E-state index < -0.39 is 49.5 Å². The number of carbonyl (C=O) groups is 1. The van der Waals surface area contributed by atoms with Crippen LogP contribution in [0.25, 0.3) is 0 Å². The third-order valence-corrected chi connectivity index (χ3v) is 10.8. The number of aliphatic hydroxyl groups excluding tert-OH is 5. The van der Waals surface area contributed by atoms with Crippen molar-refractivity contribution < 1.29 is 39.8 Å². The molecule has 0 spiro atoms. The first-order chi connectivity index (χ1) is 26.3. The zero-order chi connectivity index (χ0) is 39.5. The second kappa shape index (κ2) is 36.0. The molecule has 318 valence electrons. The van der Waals surface area contributed by atoms with Gasteiger partial charge in [-0.2, -0.15) is 0 Å². The van der Waals surface area contributed by atoms with Crippen molar-refractivity contribution >= 4 is 5.91 Å². The number of rotatable bonds is 37. The Balaban J connectivity index is 2.36. The van der Waals surface area contributed by atoms with Gasteiger partial charge in [-0.15, -0.1) is 0 Å². The van der Waals surface area contributed by atoms with Crippen molar-refractivity contribution in [1.29, 1.82) is 0 Å². The predicted molar refractivity (Wildman–Crippen MR) is 221 cm³/mol. The van der Waals surface area contributed by atoms with Gasteiger partial charge in [0.15, 0.2) is 6.29 Å². The first-order valence-corrected chi connectivity index (χ1v) is 22.5. The zero-order valence-electron chi connectivity index (χ0n) is 34.7. The van der Waals surface area contributed by atoms with Gasteiger partial charge in [0.05, 0.1) is 25.4 Å². The number of ether oxygens (including phenoxy) is 2. The molecule has 0 aromatic rings. The molecule has 0 saturated carbocycles. The lowest BCUT2D eigenvalue weighted by atomic mass is 9.99. The van der Waals surface area contributed by atoms with Crippen LogP contribution in [-0.2, 0) is 14.3 Å². The SMILES string of the molecule is CCCCCC/C=C\C/C=C\CCCCCCCC(=O)NC(COC1OC(CO)C(O)C(O)C1O)C(O)CCCCCCCCCCCCCCCCC. The Bertz CT molecular complexity index is 899. The summed E-state index contributed by atoms with van der Waals surface area (Å²) in [6.07, 6.45) is 34.6. The molecule has 0 radical (unpaired) electrons. The third kappa shape index (κ3) is 26.5. The fraction of sp³-hybridized carbons (Fsp3) is 0.889. The van der Waals surface area contributed by atoms with E-state index in [0.29, 0.717) is 12.8 Å². The molecular weight excluding hydrogens is 682 g/mol. The van der Waals surface area contributed by atoms with Crippen LogP contribution in [0.15, 0.2) is 24.3 Å². The van der Waals surface area contributed by atoms with Crippen LogP contribution < -0.4 is 5.32 Å². The number of carbonyl (C=O) groups excluding carboxylic acids is 1. The van der Waals surface area contributed by atoms with Crippen molar-refractivity contribution in [3.8, 4) is 0 Å². The summed E-state index contributed by atoms with van der Waals surface area (Å²) < 4.78 is 11.2. The monoisotopic (exact) mass is 768 g/mol. The molecule has 1 heterocycles. The van der Waals surface area contributed by atoms with Crippen molar-refractivity contribution in [3.63, 3.8) is 0 Å². The molecule has 7 atom stereocenters. The quantitative estimate of drug-likeness (QED) is 0.0271. The minimum atomic E-state index is -1.55. The minimum Gasteiger partial charge on any atom is -0.394 e. The molecular formula is C45H85NO8. The highest BCUT2D eigenvalue weighted by atomic mass is 16.7. The average Bonchev–Trinajstić information content (AvgIpc) is 3.17. The number of hydrogen-bond acceptors (Lipinski definition) is 8. The van der Waals surface area contributed by atoms with Gasteiger partial charge >= 0.3 is 0 Å². The maximum absolute atomic E-state index is 12.9. The van der Waals surface area contributed by atoms with Crippen LogP contribution in [0.2, 0.25) is 0 Å². The minimum absolute atomic E-state index is 0.142. The second-order valence-electron chi connectivity index (χ2n) is 15.8. The summed E-state index contributed by atoms with van der Waals surface area (Å²) in [5.41, 5.74) is 0. The number of nitrogens with one attached hydrogen (secondary N) is 1. The molecule has 1 amide bonds. The summed E-state index contributed by atoms with van der Waals surface area (Å²) in [6.45, 7) is 3.80. The van der Waals surface area contributed by atoms with Crippen LogP contribution in [-0.4, -0.2) is 87.5 Å². The highest BCUT2D eigenvalue weighted by Gasteiger charge is 2.44. The molecule has 6 N–H and O–H groups in total. The Morgan fingerprint density at radius 2 is 1.09 bits per heavy atom. The van der Waals surface area contributed by atoms with Gasteiger partial charge in [0.1, 0.15) is 24.4 Å². The fourth-order valence-corrected chi connectivity index (χ4v) is 7.13. The lowest BCUT2D eigenvalue weighted by Crippen LogP contribution is -2.60. The van der Waals surface area contributed by atoms with Gasteiger partial charge in [-0.1, -0.05) is 173 Å². The van der Waals surface area contributed by atoms with Crippen molar-refractivity contribution in [3.05, 3.63) is 24.3 Å². The highest BCUT2D eigenvalue weighted by molar-refractivity contribution is 5.76. The molecule has 0 bridgehead atoms. The molecule has 0 aromatic heterocycles. The van der Waals surface area contributed by atoms with E-state index in [1.165, 1.54) is 109 Å². The topological polar surface area (TPSA) is 149 Å². The second-order valence-corrected chi connectivity index (χ2v) is 15.8. The van der Waals surface area contributed by atoms with Crippen LogP contribution in [0.4, 0.5) is 0 Å². The molecule has 0 aliphatic carbocycles. The number of aliphatic hydroxyl groups is 5. The van der Waals surface area contributed by atoms with Crippen LogP contribution in [0.3, 0.4) is 0 Å². The third-order valence-electron chi connectivity index (χ3n) is 10.8. The molecule has 9 nitrogen and oxygen atoms in total. The molecule has 7 unspecified atom stereocenters. The van der Waals surface area contributed by atoms with Crippen LogP contribution in [0, 0.1) is 0 Å². The average molecular weight is 768 g/mol. The molecule has 9 heteroatoms. The summed E-state index contributed by atoms with van der Waals surface area (Å²) in [6, 6.07) is -0.723. The van der Waals surface area contributed by atoms with Gasteiger partial charge in [0.25, 0.3) is 0 Å². The lowest BCUT2D eigenvalue weighted by molar-refractivity contribution is -0.302. The number of amides is 1. The largest absolute Gasteiger partial charge is 0.394 e. The summed E-state index contributed by atoms with van der Waals surface area (Å²) in [5, 5.41) is 54.3. The van der Waals surface area contributed by atoms with Crippen molar-refractivity contribution in [2.24, 2.45) is 0 Å². The Morgan fingerprint density at radius 1 is 0.630 bits per heavy atom. The number of unbranched alkanes of at least 4 members (excludes halogenated alkanes) is 23. The summed E-state index contributed by atoms with van der Waals surface area (Å²) in [7, 11) is 0. The predicted octanol–water partition coefficient (Wildman–Crippen LogP) is 9.11. The van der Waals surface area contributed by atoms with E-state index in [1.807, 2.05) is 0 Å². The maximum Gasteiger partial charge on any atom is 0.220 e. The van der Waals surface area contributed by atoms with Gasteiger partial charge in [-0.05, 0) is 44.9 Å². The first-order valence-electron chi connectivity index (χ1n) is 22.5. The molecule has 1 fully saturated rings. The zero-order valence-corrected chi connectivity index (χ0v) is 34.7. The number of allylic oxidation sites excluding steroid dienone is 4. The molecule has 0 aromatic carbocycles. The Labute approximate surface area is 330 Å². The Hall–Kier alpha value is -1.33.